The number of phenolic OH excluding ortho intramolecular Hbond substituents is 1. The van der Waals surface area contributed by atoms with E-state index in [2.05, 4.69) is 57.9 Å². The third kappa shape index (κ3) is 1.93. The summed E-state index contributed by atoms with van der Waals surface area (Å²) in [4.78, 5) is 0. The molecule has 0 spiro atoms. The molecule has 108 valence electrons. The summed E-state index contributed by atoms with van der Waals surface area (Å²) in [5.74, 6) is 0.284. The Morgan fingerprint density at radius 3 is 2.59 bits per heavy atom. The number of benzene rings is 3. The van der Waals surface area contributed by atoms with Crippen molar-refractivity contribution in [2.24, 2.45) is 0 Å². The van der Waals surface area contributed by atoms with Crippen LogP contribution < -0.4 is 0 Å². The number of aromatic hydroxyl groups is 1. The van der Waals surface area contributed by atoms with Gasteiger partial charge in [0.05, 0.1) is 11.2 Å². The van der Waals surface area contributed by atoms with Gasteiger partial charge in [-0.2, -0.15) is 0 Å². The van der Waals surface area contributed by atoms with Crippen molar-refractivity contribution in [3.8, 4) is 11.4 Å². The summed E-state index contributed by atoms with van der Waals surface area (Å²) in [6.07, 6.45) is 2.08. The van der Waals surface area contributed by atoms with Crippen LogP contribution in [0.5, 0.6) is 5.75 Å². The Balaban J connectivity index is 2.16. The van der Waals surface area contributed by atoms with E-state index in [1.165, 1.54) is 10.9 Å². The molecule has 0 saturated carbocycles. The average Bonchev–Trinajstić information content (AvgIpc) is 2.84. The minimum Gasteiger partial charge on any atom is -0.506 e. The third-order valence-electron chi connectivity index (χ3n) is 4.09. The molecule has 4 rings (SSSR count). The first-order valence-corrected chi connectivity index (χ1v) is 7.93. The van der Waals surface area contributed by atoms with Gasteiger partial charge in [0.15, 0.2) is 0 Å². The van der Waals surface area contributed by atoms with Crippen LogP contribution in [0.4, 0.5) is 0 Å². The van der Waals surface area contributed by atoms with E-state index in [0.29, 0.717) is 0 Å². The molecule has 22 heavy (non-hydrogen) atoms. The number of fused-ring (bicyclic) bond motifs is 2. The van der Waals surface area contributed by atoms with Crippen molar-refractivity contribution < 1.29 is 5.11 Å². The van der Waals surface area contributed by atoms with Crippen molar-refractivity contribution in [3.05, 3.63) is 70.8 Å². The third-order valence-corrected chi connectivity index (χ3v) is 4.58. The van der Waals surface area contributed by atoms with Crippen molar-refractivity contribution in [3.63, 3.8) is 0 Å². The van der Waals surface area contributed by atoms with Crippen LogP contribution in [0.15, 0.2) is 65.3 Å². The molecule has 0 amide bonds. The van der Waals surface area contributed by atoms with E-state index in [9.17, 15) is 5.11 Å². The van der Waals surface area contributed by atoms with Crippen LogP contribution in [0.3, 0.4) is 0 Å². The summed E-state index contributed by atoms with van der Waals surface area (Å²) in [6, 6.07) is 18.1. The molecule has 3 heteroatoms. The maximum atomic E-state index is 10.5. The van der Waals surface area contributed by atoms with Gasteiger partial charge in [-0.15, -0.1) is 0 Å². The van der Waals surface area contributed by atoms with Crippen LogP contribution in [-0.4, -0.2) is 9.67 Å². The van der Waals surface area contributed by atoms with Crippen LogP contribution >= 0.6 is 15.9 Å². The summed E-state index contributed by atoms with van der Waals surface area (Å²) >= 11 is 3.53. The lowest BCUT2D eigenvalue weighted by molar-refractivity contribution is 0.473. The Bertz CT molecular complexity index is 1010. The Morgan fingerprint density at radius 1 is 0.955 bits per heavy atom. The zero-order valence-corrected chi connectivity index (χ0v) is 13.6. The molecule has 3 aromatic carbocycles. The van der Waals surface area contributed by atoms with Gasteiger partial charge in [-0.25, -0.2) is 0 Å². The molecule has 0 atom stereocenters. The van der Waals surface area contributed by atoms with Crippen molar-refractivity contribution in [1.82, 2.24) is 4.57 Å². The smallest absolute Gasteiger partial charge is 0.140 e. The molecule has 0 radical (unpaired) electrons. The molecule has 0 aliphatic carbocycles. The normalized spacial score (nSPS) is 11.4. The highest BCUT2D eigenvalue weighted by molar-refractivity contribution is 9.10. The van der Waals surface area contributed by atoms with Crippen LogP contribution in [-0.2, 0) is 0 Å². The first kappa shape index (κ1) is 13.4. The lowest BCUT2D eigenvalue weighted by atomic mass is 10.1. The van der Waals surface area contributed by atoms with Gasteiger partial charge in [0.25, 0.3) is 0 Å². The summed E-state index contributed by atoms with van der Waals surface area (Å²) in [6.45, 7) is 2.09. The van der Waals surface area contributed by atoms with Crippen LogP contribution in [0.1, 0.15) is 5.56 Å². The predicted octanol–water partition coefficient (Wildman–Crippen LogP) is 5.56. The van der Waals surface area contributed by atoms with E-state index >= 15 is 0 Å². The van der Waals surface area contributed by atoms with Gasteiger partial charge in [-0.3, -0.25) is 0 Å². The molecule has 1 heterocycles. The lowest BCUT2D eigenvalue weighted by Crippen LogP contribution is -1.94. The number of hydrogen-bond acceptors (Lipinski definition) is 1. The molecular formula is C19H14BrNO. The second kappa shape index (κ2) is 4.89. The van der Waals surface area contributed by atoms with Gasteiger partial charge in [-0.05, 0) is 42.1 Å². The molecule has 1 N–H and O–H groups in total. The predicted molar refractivity (Wildman–Crippen MR) is 94.9 cm³/mol. The SMILES string of the molecule is Cc1cn(-c2c(O)ccc3ccc(Br)cc23)c2ccccc12. The molecule has 0 unspecified atom stereocenters. The Kier molecular flexibility index (Phi) is 2.98. The summed E-state index contributed by atoms with van der Waals surface area (Å²) in [5.41, 5.74) is 3.12. The maximum Gasteiger partial charge on any atom is 0.140 e. The van der Waals surface area contributed by atoms with Crippen molar-refractivity contribution in [1.29, 1.82) is 0 Å². The molecule has 0 aliphatic rings. The number of phenols is 1. The largest absolute Gasteiger partial charge is 0.506 e. The number of para-hydroxylation sites is 1. The first-order valence-electron chi connectivity index (χ1n) is 7.13. The van der Waals surface area contributed by atoms with Crippen LogP contribution in [0.2, 0.25) is 0 Å². The van der Waals surface area contributed by atoms with Gasteiger partial charge >= 0.3 is 0 Å². The number of aromatic nitrogens is 1. The second-order valence-electron chi connectivity index (χ2n) is 5.50. The van der Waals surface area contributed by atoms with E-state index in [1.807, 2.05) is 24.3 Å². The fraction of sp³-hybridized carbons (Fsp3) is 0.0526. The zero-order chi connectivity index (χ0) is 15.3. The number of hydrogen-bond donors (Lipinski definition) is 1. The topological polar surface area (TPSA) is 25.2 Å². The highest BCUT2D eigenvalue weighted by atomic mass is 79.9. The summed E-state index contributed by atoms with van der Waals surface area (Å²) < 4.78 is 3.08. The molecule has 4 aromatic rings. The average molecular weight is 352 g/mol. The van der Waals surface area contributed by atoms with Crippen molar-refractivity contribution in [2.45, 2.75) is 6.92 Å². The Hall–Kier alpha value is -2.26. The lowest BCUT2D eigenvalue weighted by Gasteiger charge is -2.12. The first-order chi connectivity index (χ1) is 10.6. The summed E-state index contributed by atoms with van der Waals surface area (Å²) in [7, 11) is 0. The van der Waals surface area contributed by atoms with E-state index in [1.54, 1.807) is 6.07 Å². The van der Waals surface area contributed by atoms with Crippen molar-refractivity contribution in [2.75, 3.05) is 0 Å². The number of halogens is 1. The minimum absolute atomic E-state index is 0.284. The Morgan fingerprint density at radius 2 is 1.73 bits per heavy atom. The van der Waals surface area contributed by atoms with E-state index in [-0.39, 0.29) is 5.75 Å². The second-order valence-corrected chi connectivity index (χ2v) is 6.41. The van der Waals surface area contributed by atoms with E-state index in [0.717, 1.165) is 26.4 Å². The molecule has 2 nitrogen and oxygen atoms in total. The highest BCUT2D eigenvalue weighted by Gasteiger charge is 2.13. The molecule has 0 saturated heterocycles. The standard InChI is InChI=1S/C19H14BrNO/c1-12-11-21(17-5-3-2-4-15(12)17)19-16-10-14(20)8-6-13(16)7-9-18(19)22/h2-11,22H,1H3. The van der Waals surface area contributed by atoms with Gasteiger partial charge in [0.1, 0.15) is 5.75 Å². The summed E-state index contributed by atoms with van der Waals surface area (Å²) in [5, 5.41) is 13.8. The quantitative estimate of drug-likeness (QED) is 0.477. The minimum atomic E-state index is 0.284. The molecule has 0 aliphatic heterocycles. The fourth-order valence-corrected chi connectivity index (χ4v) is 3.41. The number of nitrogens with zero attached hydrogens (tertiary/aromatic N) is 1. The van der Waals surface area contributed by atoms with Crippen LogP contribution in [0.25, 0.3) is 27.4 Å². The van der Waals surface area contributed by atoms with Crippen molar-refractivity contribution >= 4 is 37.6 Å². The molecule has 0 fully saturated rings. The number of aryl methyl sites for hydroxylation is 1. The zero-order valence-electron chi connectivity index (χ0n) is 12.0. The maximum absolute atomic E-state index is 10.5. The van der Waals surface area contributed by atoms with Gasteiger partial charge in [0.2, 0.25) is 0 Å². The van der Waals surface area contributed by atoms with Gasteiger partial charge in [0, 0.05) is 21.4 Å². The molecule has 1 aromatic heterocycles. The Labute approximate surface area is 136 Å². The molecule has 0 bridgehead atoms. The highest BCUT2D eigenvalue weighted by Crippen LogP contribution is 2.35. The monoisotopic (exact) mass is 351 g/mol. The van der Waals surface area contributed by atoms with E-state index < -0.39 is 0 Å². The van der Waals surface area contributed by atoms with E-state index in [4.69, 9.17) is 0 Å². The van der Waals surface area contributed by atoms with Crippen LogP contribution in [0, 0.1) is 6.92 Å². The van der Waals surface area contributed by atoms with Gasteiger partial charge < -0.3 is 9.67 Å². The van der Waals surface area contributed by atoms with Gasteiger partial charge in [-0.1, -0.05) is 46.3 Å². The fourth-order valence-electron chi connectivity index (χ4n) is 3.05. The number of rotatable bonds is 1. The molecular weight excluding hydrogens is 338 g/mol.